The predicted molar refractivity (Wildman–Crippen MR) is 62.7 cm³/mol. The highest BCUT2D eigenvalue weighted by molar-refractivity contribution is 9.10. The average Bonchev–Trinajstić information content (AvgIpc) is 2.13. The molecule has 0 heterocycles. The number of alkyl halides is 3. The number of benzene rings is 1. The van der Waals surface area contributed by atoms with Crippen molar-refractivity contribution in [3.8, 4) is 0 Å². The monoisotopic (exact) mass is 295 g/mol. The molecule has 1 aromatic carbocycles. The second-order valence-electron chi connectivity index (χ2n) is 3.60. The fourth-order valence-corrected chi connectivity index (χ4v) is 1.81. The minimum atomic E-state index is -4.06. The molecule has 0 aromatic heterocycles. The van der Waals surface area contributed by atoms with Crippen molar-refractivity contribution in [2.45, 2.75) is 25.9 Å². The Morgan fingerprint density at radius 1 is 1.31 bits per heavy atom. The molecule has 0 atom stereocenters. The summed E-state index contributed by atoms with van der Waals surface area (Å²) in [5, 5.41) is 2.99. The van der Waals surface area contributed by atoms with Gasteiger partial charge in [0.25, 0.3) is 0 Å². The molecule has 0 aliphatic rings. The molecule has 0 bridgehead atoms. The number of anilines is 1. The maximum atomic E-state index is 11.9. The summed E-state index contributed by atoms with van der Waals surface area (Å²) < 4.78 is 36.6. The average molecular weight is 296 g/mol. The van der Waals surface area contributed by atoms with Crippen LogP contribution in [0.4, 0.5) is 18.9 Å². The fourth-order valence-electron chi connectivity index (χ4n) is 1.34. The van der Waals surface area contributed by atoms with Crippen molar-refractivity contribution in [3.05, 3.63) is 28.2 Å². The first-order valence-electron chi connectivity index (χ1n) is 4.95. The Morgan fingerprint density at radius 3 is 2.56 bits per heavy atom. The van der Waals surface area contributed by atoms with Gasteiger partial charge in [0, 0.05) is 23.1 Å². The van der Waals surface area contributed by atoms with Crippen molar-refractivity contribution in [1.82, 2.24) is 0 Å². The van der Waals surface area contributed by atoms with E-state index >= 15 is 0 Å². The van der Waals surface area contributed by atoms with Crippen molar-refractivity contribution in [2.75, 3.05) is 11.9 Å². The number of halogens is 4. The topological polar surface area (TPSA) is 12.0 Å². The van der Waals surface area contributed by atoms with Crippen LogP contribution in [0, 0.1) is 6.92 Å². The second-order valence-corrected chi connectivity index (χ2v) is 4.52. The van der Waals surface area contributed by atoms with E-state index in [2.05, 4.69) is 21.2 Å². The van der Waals surface area contributed by atoms with E-state index in [0.717, 1.165) is 15.7 Å². The van der Waals surface area contributed by atoms with Crippen LogP contribution in [0.3, 0.4) is 0 Å². The highest BCUT2D eigenvalue weighted by Crippen LogP contribution is 2.22. The number of hydrogen-bond donors (Lipinski definition) is 1. The number of aryl methyl sites for hydroxylation is 1. The third-order valence-electron chi connectivity index (χ3n) is 2.14. The first kappa shape index (κ1) is 13.4. The lowest BCUT2D eigenvalue weighted by Gasteiger charge is -2.10. The van der Waals surface area contributed by atoms with Crippen molar-refractivity contribution >= 4 is 21.6 Å². The SMILES string of the molecule is Cc1cc(Br)ccc1NCCCC(F)(F)F. The molecule has 16 heavy (non-hydrogen) atoms. The van der Waals surface area contributed by atoms with Gasteiger partial charge in [-0.25, -0.2) is 0 Å². The van der Waals surface area contributed by atoms with Crippen LogP contribution in [0.2, 0.25) is 0 Å². The van der Waals surface area contributed by atoms with Crippen LogP contribution < -0.4 is 5.32 Å². The van der Waals surface area contributed by atoms with Gasteiger partial charge in [0.15, 0.2) is 0 Å². The Bertz CT molecular complexity index is 350. The van der Waals surface area contributed by atoms with E-state index in [0.29, 0.717) is 6.54 Å². The van der Waals surface area contributed by atoms with Gasteiger partial charge in [-0.1, -0.05) is 15.9 Å². The summed E-state index contributed by atoms with van der Waals surface area (Å²) in [6.45, 7) is 2.25. The zero-order valence-corrected chi connectivity index (χ0v) is 10.5. The van der Waals surface area contributed by atoms with E-state index in [4.69, 9.17) is 0 Å². The Morgan fingerprint density at radius 2 is 2.00 bits per heavy atom. The molecule has 1 N–H and O–H groups in total. The molecule has 1 nitrogen and oxygen atoms in total. The Kier molecular flexibility index (Phi) is 4.65. The molecule has 0 amide bonds. The largest absolute Gasteiger partial charge is 0.389 e. The highest BCUT2D eigenvalue weighted by Gasteiger charge is 2.25. The summed E-state index contributed by atoms with van der Waals surface area (Å²) in [4.78, 5) is 0. The van der Waals surface area contributed by atoms with E-state index in [1.54, 1.807) is 0 Å². The standard InChI is InChI=1S/C11H13BrF3N/c1-8-7-9(12)3-4-10(8)16-6-2-5-11(13,14)15/h3-4,7,16H,2,5-6H2,1H3. The molecule has 5 heteroatoms. The minimum absolute atomic E-state index is 0.0962. The van der Waals surface area contributed by atoms with Crippen LogP contribution in [0.25, 0.3) is 0 Å². The van der Waals surface area contributed by atoms with Gasteiger partial charge < -0.3 is 5.32 Å². The predicted octanol–water partition coefficient (Wildman–Crippen LogP) is 4.51. The van der Waals surface area contributed by atoms with Crippen LogP contribution in [0.1, 0.15) is 18.4 Å². The second kappa shape index (κ2) is 5.57. The molecule has 1 aromatic rings. The zero-order chi connectivity index (χ0) is 12.2. The van der Waals surface area contributed by atoms with E-state index in [1.807, 2.05) is 25.1 Å². The van der Waals surface area contributed by atoms with Gasteiger partial charge in [0.05, 0.1) is 0 Å². The van der Waals surface area contributed by atoms with Crippen LogP contribution >= 0.6 is 15.9 Å². The Balaban J connectivity index is 2.38. The van der Waals surface area contributed by atoms with E-state index in [-0.39, 0.29) is 6.42 Å². The molecular formula is C11H13BrF3N. The van der Waals surface area contributed by atoms with Gasteiger partial charge >= 0.3 is 6.18 Å². The maximum absolute atomic E-state index is 11.9. The van der Waals surface area contributed by atoms with E-state index < -0.39 is 12.6 Å². The highest BCUT2D eigenvalue weighted by atomic mass is 79.9. The lowest BCUT2D eigenvalue weighted by Crippen LogP contribution is -2.11. The van der Waals surface area contributed by atoms with Gasteiger partial charge in [-0.2, -0.15) is 13.2 Å². The van der Waals surface area contributed by atoms with Gasteiger partial charge in [-0.3, -0.25) is 0 Å². The normalized spacial score (nSPS) is 11.6. The summed E-state index contributed by atoms with van der Waals surface area (Å²) in [6.07, 6.45) is -4.70. The van der Waals surface area contributed by atoms with Crippen molar-refractivity contribution in [2.24, 2.45) is 0 Å². The molecule has 0 aliphatic heterocycles. The fraction of sp³-hybridized carbons (Fsp3) is 0.455. The third-order valence-corrected chi connectivity index (χ3v) is 2.63. The van der Waals surface area contributed by atoms with Gasteiger partial charge in [-0.15, -0.1) is 0 Å². The van der Waals surface area contributed by atoms with Crippen LogP contribution in [0.5, 0.6) is 0 Å². The quantitative estimate of drug-likeness (QED) is 0.806. The van der Waals surface area contributed by atoms with Crippen molar-refractivity contribution < 1.29 is 13.2 Å². The number of rotatable bonds is 4. The molecule has 0 fully saturated rings. The summed E-state index contributed by atoms with van der Waals surface area (Å²) in [7, 11) is 0. The van der Waals surface area contributed by atoms with Crippen molar-refractivity contribution in [1.29, 1.82) is 0 Å². The molecule has 0 unspecified atom stereocenters. The first-order valence-corrected chi connectivity index (χ1v) is 5.74. The molecule has 0 radical (unpaired) electrons. The first-order chi connectivity index (χ1) is 7.38. The molecule has 1 rings (SSSR count). The molecular weight excluding hydrogens is 283 g/mol. The van der Waals surface area contributed by atoms with Gasteiger partial charge in [0.2, 0.25) is 0 Å². The third kappa shape index (κ3) is 4.88. The lowest BCUT2D eigenvalue weighted by atomic mass is 10.2. The minimum Gasteiger partial charge on any atom is -0.385 e. The smallest absolute Gasteiger partial charge is 0.385 e. The summed E-state index contributed by atoms with van der Waals surface area (Å²) in [5.41, 5.74) is 1.90. The molecule has 90 valence electrons. The molecule has 0 spiro atoms. The van der Waals surface area contributed by atoms with Gasteiger partial charge in [-0.05, 0) is 37.1 Å². The van der Waals surface area contributed by atoms with Crippen LogP contribution in [-0.4, -0.2) is 12.7 Å². The molecule has 0 saturated carbocycles. The summed E-state index contributed by atoms with van der Waals surface area (Å²) >= 11 is 3.33. The van der Waals surface area contributed by atoms with Crippen molar-refractivity contribution in [3.63, 3.8) is 0 Å². The number of nitrogens with one attached hydrogen (secondary N) is 1. The van der Waals surface area contributed by atoms with Crippen LogP contribution in [-0.2, 0) is 0 Å². The zero-order valence-electron chi connectivity index (χ0n) is 8.87. The van der Waals surface area contributed by atoms with E-state index in [9.17, 15) is 13.2 Å². The molecule has 0 aliphatic carbocycles. The molecule has 0 saturated heterocycles. The number of hydrogen-bond acceptors (Lipinski definition) is 1. The lowest BCUT2D eigenvalue weighted by molar-refractivity contribution is -0.134. The van der Waals surface area contributed by atoms with Gasteiger partial charge in [0.1, 0.15) is 0 Å². The van der Waals surface area contributed by atoms with E-state index in [1.165, 1.54) is 0 Å². The summed E-state index contributed by atoms with van der Waals surface area (Å²) in [5.74, 6) is 0. The Labute approximate surface area is 101 Å². The van der Waals surface area contributed by atoms with Crippen LogP contribution in [0.15, 0.2) is 22.7 Å². The Hall–Kier alpha value is -0.710. The summed E-state index contributed by atoms with van der Waals surface area (Å²) in [6, 6.07) is 5.64. The maximum Gasteiger partial charge on any atom is 0.389 e.